The summed E-state index contributed by atoms with van der Waals surface area (Å²) in [5.74, 6) is -0.117. The summed E-state index contributed by atoms with van der Waals surface area (Å²) in [7, 11) is 1.67. The van der Waals surface area contributed by atoms with Gasteiger partial charge in [0, 0.05) is 18.3 Å². The number of amides is 2. The van der Waals surface area contributed by atoms with Gasteiger partial charge in [0.2, 0.25) is 0 Å². The fraction of sp³-hybridized carbons (Fsp3) is 0.143. The number of furan rings is 1. The number of anilines is 1. The third-order valence-corrected chi connectivity index (χ3v) is 3.99. The Morgan fingerprint density at radius 3 is 2.43 bits per heavy atom. The van der Waals surface area contributed by atoms with Gasteiger partial charge in [-0.15, -0.1) is 0 Å². The summed E-state index contributed by atoms with van der Waals surface area (Å²) in [6.07, 6.45) is 1.42. The van der Waals surface area contributed by atoms with Gasteiger partial charge in [-0.3, -0.25) is 9.59 Å². The van der Waals surface area contributed by atoms with Crippen LogP contribution in [-0.4, -0.2) is 36.9 Å². The van der Waals surface area contributed by atoms with E-state index in [1.54, 1.807) is 43.4 Å². The topological polar surface area (TPSA) is 71.8 Å². The molecule has 6 nitrogen and oxygen atoms in total. The van der Waals surface area contributed by atoms with Crippen molar-refractivity contribution in [1.82, 2.24) is 4.90 Å². The van der Waals surface area contributed by atoms with Crippen LogP contribution in [0.1, 0.15) is 20.9 Å². The highest BCUT2D eigenvalue weighted by molar-refractivity contribution is 6.02. The number of benzene rings is 2. The molecular weight excluding hydrogens is 363 g/mol. The number of nitrogens with zero attached hydrogens (tertiary/aromatic N) is 1. The Morgan fingerprint density at radius 1 is 1.07 bits per heavy atom. The third kappa shape index (κ3) is 4.97. The van der Waals surface area contributed by atoms with E-state index in [1.165, 1.54) is 35.4 Å². The number of carbonyl (C=O) groups is 2. The number of likely N-dealkylation sites (N-methyl/N-ethyl adjacent to an activating group) is 1. The fourth-order valence-electron chi connectivity index (χ4n) is 2.45. The monoisotopic (exact) mass is 382 g/mol. The minimum Gasteiger partial charge on any atom is -0.492 e. The van der Waals surface area contributed by atoms with E-state index in [1.807, 2.05) is 0 Å². The van der Waals surface area contributed by atoms with E-state index in [4.69, 9.17) is 9.15 Å². The summed E-state index contributed by atoms with van der Waals surface area (Å²) < 4.78 is 23.4. The van der Waals surface area contributed by atoms with Crippen molar-refractivity contribution in [3.8, 4) is 5.75 Å². The SMILES string of the molecule is CN(CCOc1ccc(F)cc1)C(=O)c1ccc(NC(=O)c2ccco2)cc1. The molecule has 0 bridgehead atoms. The summed E-state index contributed by atoms with van der Waals surface area (Å²) in [6, 6.07) is 15.5. The molecule has 3 aromatic rings. The van der Waals surface area contributed by atoms with Crippen LogP contribution in [0, 0.1) is 5.82 Å². The molecule has 1 aromatic heterocycles. The van der Waals surface area contributed by atoms with Gasteiger partial charge in [-0.2, -0.15) is 0 Å². The number of hydrogen-bond acceptors (Lipinski definition) is 4. The first-order valence-corrected chi connectivity index (χ1v) is 8.61. The van der Waals surface area contributed by atoms with Crippen molar-refractivity contribution in [2.45, 2.75) is 0 Å². The molecule has 0 atom stereocenters. The van der Waals surface area contributed by atoms with Gasteiger partial charge in [0.15, 0.2) is 5.76 Å². The summed E-state index contributed by atoms with van der Waals surface area (Å²) in [4.78, 5) is 25.9. The summed E-state index contributed by atoms with van der Waals surface area (Å²) in [6.45, 7) is 0.651. The minimum absolute atomic E-state index is 0.174. The molecule has 0 aliphatic carbocycles. The highest BCUT2D eigenvalue weighted by Gasteiger charge is 2.13. The molecule has 28 heavy (non-hydrogen) atoms. The summed E-state index contributed by atoms with van der Waals surface area (Å²) in [5, 5.41) is 2.69. The first-order chi connectivity index (χ1) is 13.5. The van der Waals surface area contributed by atoms with Crippen LogP contribution < -0.4 is 10.1 Å². The molecule has 2 aromatic carbocycles. The zero-order valence-electron chi connectivity index (χ0n) is 15.2. The molecule has 0 unspecified atom stereocenters. The Hall–Kier alpha value is -3.61. The molecule has 0 spiro atoms. The molecular formula is C21H19FN2O4. The van der Waals surface area contributed by atoms with Gasteiger partial charge in [-0.1, -0.05) is 0 Å². The van der Waals surface area contributed by atoms with Gasteiger partial charge in [0.05, 0.1) is 12.8 Å². The Balaban J connectivity index is 1.50. The third-order valence-electron chi connectivity index (χ3n) is 3.99. The molecule has 144 valence electrons. The van der Waals surface area contributed by atoms with Crippen LogP contribution in [0.3, 0.4) is 0 Å². The van der Waals surface area contributed by atoms with Crippen LogP contribution in [0.4, 0.5) is 10.1 Å². The maximum atomic E-state index is 12.9. The number of halogens is 1. The highest BCUT2D eigenvalue weighted by atomic mass is 19.1. The van der Waals surface area contributed by atoms with E-state index < -0.39 is 0 Å². The fourth-order valence-corrected chi connectivity index (χ4v) is 2.45. The van der Waals surface area contributed by atoms with Gasteiger partial charge >= 0.3 is 0 Å². The maximum absolute atomic E-state index is 12.9. The zero-order valence-corrected chi connectivity index (χ0v) is 15.2. The molecule has 1 N–H and O–H groups in total. The van der Waals surface area contributed by atoms with Crippen molar-refractivity contribution < 1.29 is 23.1 Å². The standard InChI is InChI=1S/C21H19FN2O4/c1-24(12-14-27-18-10-6-16(22)7-11-18)21(26)15-4-8-17(9-5-15)23-20(25)19-3-2-13-28-19/h2-11,13H,12,14H2,1H3,(H,23,25). The van der Waals surface area contributed by atoms with Crippen molar-refractivity contribution in [3.05, 3.63) is 84.1 Å². The lowest BCUT2D eigenvalue weighted by Gasteiger charge is -2.18. The minimum atomic E-state index is -0.362. The largest absolute Gasteiger partial charge is 0.492 e. The number of ether oxygens (including phenoxy) is 1. The predicted octanol–water partition coefficient (Wildman–Crippen LogP) is 3.82. The predicted molar refractivity (Wildman–Crippen MR) is 102 cm³/mol. The smallest absolute Gasteiger partial charge is 0.291 e. The lowest BCUT2D eigenvalue weighted by molar-refractivity contribution is 0.0773. The first-order valence-electron chi connectivity index (χ1n) is 8.61. The van der Waals surface area contributed by atoms with Crippen LogP contribution in [0.2, 0.25) is 0 Å². The average Bonchev–Trinajstić information content (AvgIpc) is 3.24. The van der Waals surface area contributed by atoms with E-state index in [0.717, 1.165) is 0 Å². The van der Waals surface area contributed by atoms with Gasteiger partial charge in [0.1, 0.15) is 18.2 Å². The van der Waals surface area contributed by atoms with Gasteiger partial charge < -0.3 is 19.4 Å². The Kier molecular flexibility index (Phi) is 6.06. The number of hydrogen-bond donors (Lipinski definition) is 1. The molecule has 0 fully saturated rings. The normalized spacial score (nSPS) is 10.4. The van der Waals surface area contributed by atoms with Gasteiger partial charge in [-0.05, 0) is 60.7 Å². The molecule has 3 rings (SSSR count). The maximum Gasteiger partial charge on any atom is 0.291 e. The van der Waals surface area contributed by atoms with Crippen LogP contribution in [-0.2, 0) is 0 Å². The van der Waals surface area contributed by atoms with E-state index in [-0.39, 0.29) is 30.0 Å². The number of rotatable bonds is 7. The van der Waals surface area contributed by atoms with E-state index >= 15 is 0 Å². The second-order valence-electron chi connectivity index (χ2n) is 6.04. The van der Waals surface area contributed by atoms with Gasteiger partial charge in [-0.25, -0.2) is 4.39 Å². The van der Waals surface area contributed by atoms with Gasteiger partial charge in [0.25, 0.3) is 11.8 Å². The van der Waals surface area contributed by atoms with Crippen molar-refractivity contribution in [2.75, 3.05) is 25.5 Å². The molecule has 0 aliphatic rings. The lowest BCUT2D eigenvalue weighted by Crippen LogP contribution is -2.30. The quantitative estimate of drug-likeness (QED) is 0.674. The highest BCUT2D eigenvalue weighted by Crippen LogP contribution is 2.14. The molecule has 1 heterocycles. The van der Waals surface area contributed by atoms with Crippen LogP contribution in [0.15, 0.2) is 71.3 Å². The first kappa shape index (κ1) is 19.2. The summed E-state index contributed by atoms with van der Waals surface area (Å²) in [5.41, 5.74) is 1.04. The van der Waals surface area contributed by atoms with Crippen LogP contribution in [0.5, 0.6) is 5.75 Å². The molecule has 0 radical (unpaired) electrons. The zero-order chi connectivity index (χ0) is 19.9. The van der Waals surface area contributed by atoms with Crippen LogP contribution in [0.25, 0.3) is 0 Å². The summed E-state index contributed by atoms with van der Waals surface area (Å²) >= 11 is 0. The molecule has 0 saturated carbocycles. The Bertz CT molecular complexity index is 922. The Morgan fingerprint density at radius 2 is 1.79 bits per heavy atom. The van der Waals surface area contributed by atoms with Crippen molar-refractivity contribution in [1.29, 1.82) is 0 Å². The van der Waals surface area contributed by atoms with E-state index in [0.29, 0.717) is 23.5 Å². The van der Waals surface area contributed by atoms with Crippen molar-refractivity contribution in [2.24, 2.45) is 0 Å². The number of carbonyl (C=O) groups excluding carboxylic acids is 2. The van der Waals surface area contributed by atoms with E-state index in [9.17, 15) is 14.0 Å². The molecule has 0 saturated heterocycles. The molecule has 0 aliphatic heterocycles. The second kappa shape index (κ2) is 8.85. The Labute approximate surface area is 161 Å². The second-order valence-corrected chi connectivity index (χ2v) is 6.04. The molecule has 7 heteroatoms. The van der Waals surface area contributed by atoms with Crippen LogP contribution >= 0.6 is 0 Å². The average molecular weight is 382 g/mol. The number of nitrogens with one attached hydrogen (secondary N) is 1. The van der Waals surface area contributed by atoms with Crippen molar-refractivity contribution >= 4 is 17.5 Å². The lowest BCUT2D eigenvalue weighted by atomic mass is 10.2. The van der Waals surface area contributed by atoms with Crippen molar-refractivity contribution in [3.63, 3.8) is 0 Å². The molecule has 2 amide bonds. The van der Waals surface area contributed by atoms with E-state index in [2.05, 4.69) is 5.32 Å².